The summed E-state index contributed by atoms with van der Waals surface area (Å²) >= 11 is 1.39. The third kappa shape index (κ3) is 3.64. The van der Waals surface area contributed by atoms with Crippen molar-refractivity contribution in [1.29, 1.82) is 0 Å². The topological polar surface area (TPSA) is 76.5 Å². The zero-order chi connectivity index (χ0) is 21.2. The maximum atomic E-state index is 13.1. The quantitative estimate of drug-likeness (QED) is 0.303. The Kier molecular flexibility index (Phi) is 5.09. The Hall–Kier alpha value is -3.71. The normalized spacial score (nSPS) is 11.1. The number of Topliss-reactive ketones (excluding diaryl/α,β-unsaturated/α-hetero) is 1. The largest absolute Gasteiger partial charge is 0.358 e. The highest BCUT2D eigenvalue weighted by Gasteiger charge is 2.20. The summed E-state index contributed by atoms with van der Waals surface area (Å²) in [7, 11) is 0. The molecule has 5 aromatic rings. The molecule has 0 saturated heterocycles. The Morgan fingerprint density at radius 2 is 1.71 bits per heavy atom. The van der Waals surface area contributed by atoms with Gasteiger partial charge in [0.25, 0.3) is 0 Å². The molecule has 0 bridgehead atoms. The number of carbonyl (C=O) groups is 1. The molecule has 0 radical (unpaired) electrons. The monoisotopic (exact) mass is 425 g/mol. The number of aromatic nitrogens is 5. The van der Waals surface area contributed by atoms with Crippen LogP contribution in [0.4, 0.5) is 0 Å². The highest BCUT2D eigenvalue weighted by Crippen LogP contribution is 2.29. The molecule has 1 N–H and O–H groups in total. The molecule has 0 spiro atoms. The van der Waals surface area contributed by atoms with E-state index >= 15 is 0 Å². The molecule has 0 amide bonds. The Morgan fingerprint density at radius 1 is 0.968 bits per heavy atom. The molecule has 3 heterocycles. The van der Waals surface area contributed by atoms with Gasteiger partial charge < -0.3 is 4.98 Å². The van der Waals surface area contributed by atoms with Crippen molar-refractivity contribution >= 4 is 28.4 Å². The van der Waals surface area contributed by atoms with Gasteiger partial charge in [-0.3, -0.25) is 14.3 Å². The van der Waals surface area contributed by atoms with Crippen molar-refractivity contribution in [1.82, 2.24) is 24.7 Å². The van der Waals surface area contributed by atoms with Crippen LogP contribution in [0.15, 0.2) is 84.3 Å². The molecular weight excluding hydrogens is 406 g/mol. The molecule has 31 heavy (non-hydrogen) atoms. The lowest BCUT2D eigenvalue weighted by atomic mass is 10.1. The minimum Gasteiger partial charge on any atom is -0.358 e. The minimum absolute atomic E-state index is 0.0630. The predicted octanol–water partition coefficient (Wildman–Crippen LogP) is 5.09. The number of ketones is 1. The number of nitrogens with one attached hydrogen (secondary N) is 1. The summed E-state index contributed by atoms with van der Waals surface area (Å²) in [6.07, 6.45) is 3.46. The van der Waals surface area contributed by atoms with Gasteiger partial charge in [0.15, 0.2) is 16.8 Å². The van der Waals surface area contributed by atoms with Gasteiger partial charge in [-0.15, -0.1) is 10.2 Å². The van der Waals surface area contributed by atoms with Crippen LogP contribution in [0.3, 0.4) is 0 Å². The van der Waals surface area contributed by atoms with Gasteiger partial charge in [-0.05, 0) is 37.3 Å². The second-order valence-electron chi connectivity index (χ2n) is 7.10. The molecule has 5 rings (SSSR count). The number of nitrogens with zero attached hydrogens (tertiary/aromatic N) is 4. The van der Waals surface area contributed by atoms with E-state index < -0.39 is 0 Å². The van der Waals surface area contributed by atoms with Crippen LogP contribution >= 0.6 is 11.8 Å². The number of benzene rings is 2. The van der Waals surface area contributed by atoms with Gasteiger partial charge in [-0.2, -0.15) is 0 Å². The van der Waals surface area contributed by atoms with Gasteiger partial charge >= 0.3 is 0 Å². The lowest BCUT2D eigenvalue weighted by molar-refractivity contribution is 0.102. The Morgan fingerprint density at radius 3 is 2.52 bits per heavy atom. The van der Waals surface area contributed by atoms with Crippen molar-refractivity contribution in [3.05, 3.63) is 90.4 Å². The van der Waals surface area contributed by atoms with Crippen molar-refractivity contribution in [3.8, 4) is 17.1 Å². The van der Waals surface area contributed by atoms with E-state index in [4.69, 9.17) is 0 Å². The molecule has 0 fully saturated rings. The maximum Gasteiger partial charge on any atom is 0.196 e. The maximum absolute atomic E-state index is 13.1. The van der Waals surface area contributed by atoms with Crippen LogP contribution in [-0.2, 0) is 0 Å². The molecule has 0 aliphatic rings. The first-order valence-electron chi connectivity index (χ1n) is 9.87. The number of aromatic amines is 1. The van der Waals surface area contributed by atoms with Gasteiger partial charge in [0.2, 0.25) is 0 Å². The van der Waals surface area contributed by atoms with Gasteiger partial charge in [0, 0.05) is 45.8 Å². The van der Waals surface area contributed by atoms with Gasteiger partial charge in [0.1, 0.15) is 0 Å². The first kappa shape index (κ1) is 19.3. The molecule has 7 heteroatoms. The number of pyridine rings is 1. The Labute approximate surface area is 183 Å². The van der Waals surface area contributed by atoms with E-state index in [2.05, 4.69) is 20.2 Å². The van der Waals surface area contributed by atoms with E-state index in [9.17, 15) is 4.79 Å². The van der Waals surface area contributed by atoms with Crippen molar-refractivity contribution in [2.45, 2.75) is 12.1 Å². The van der Waals surface area contributed by atoms with E-state index in [0.29, 0.717) is 11.0 Å². The highest BCUT2D eigenvalue weighted by molar-refractivity contribution is 7.99. The van der Waals surface area contributed by atoms with Crippen molar-refractivity contribution in [3.63, 3.8) is 0 Å². The minimum atomic E-state index is 0.0630. The first-order chi connectivity index (χ1) is 15.2. The summed E-state index contributed by atoms with van der Waals surface area (Å²) in [6, 6.07) is 21.6. The van der Waals surface area contributed by atoms with Crippen LogP contribution in [0.5, 0.6) is 0 Å². The molecule has 152 valence electrons. The van der Waals surface area contributed by atoms with E-state index in [-0.39, 0.29) is 11.5 Å². The molecule has 0 atom stereocenters. The van der Waals surface area contributed by atoms with Gasteiger partial charge in [0.05, 0.1) is 5.75 Å². The summed E-state index contributed by atoms with van der Waals surface area (Å²) < 4.78 is 1.98. The molecule has 0 unspecified atom stereocenters. The summed E-state index contributed by atoms with van der Waals surface area (Å²) in [5, 5.41) is 10.4. The average molecular weight is 426 g/mol. The molecular formula is C24H19N5OS. The van der Waals surface area contributed by atoms with E-state index in [1.54, 1.807) is 12.4 Å². The first-order valence-corrected chi connectivity index (χ1v) is 10.9. The van der Waals surface area contributed by atoms with Crippen molar-refractivity contribution in [2.24, 2.45) is 0 Å². The fourth-order valence-electron chi connectivity index (χ4n) is 3.70. The van der Waals surface area contributed by atoms with Crippen LogP contribution in [0.1, 0.15) is 16.1 Å². The zero-order valence-corrected chi connectivity index (χ0v) is 17.6. The molecule has 0 aliphatic carbocycles. The Balaban J connectivity index is 1.49. The summed E-state index contributed by atoms with van der Waals surface area (Å²) in [5.41, 5.74) is 4.45. The fourth-order valence-corrected chi connectivity index (χ4v) is 4.52. The summed E-state index contributed by atoms with van der Waals surface area (Å²) in [6.45, 7) is 1.94. The van der Waals surface area contributed by atoms with Gasteiger partial charge in [-0.25, -0.2) is 0 Å². The van der Waals surface area contributed by atoms with Gasteiger partial charge in [-0.1, -0.05) is 48.2 Å². The number of fused-ring (bicyclic) bond motifs is 1. The van der Waals surface area contributed by atoms with Crippen LogP contribution in [0.25, 0.3) is 28.0 Å². The standard InChI is InChI=1S/C24H19N5OS/c1-16-22(19-9-5-6-10-20(19)26-16)21(30)15-31-24-28-27-23(17-11-13-25-14-12-17)29(24)18-7-3-2-4-8-18/h2-14,26H,15H2,1H3. The summed E-state index contributed by atoms with van der Waals surface area (Å²) in [5.74, 6) is 1.05. The molecule has 2 aromatic carbocycles. The van der Waals surface area contributed by atoms with Crippen molar-refractivity contribution < 1.29 is 4.79 Å². The highest BCUT2D eigenvalue weighted by atomic mass is 32.2. The SMILES string of the molecule is Cc1[nH]c2ccccc2c1C(=O)CSc1nnc(-c2ccncc2)n1-c1ccccc1. The molecule has 6 nitrogen and oxygen atoms in total. The number of hydrogen-bond acceptors (Lipinski definition) is 5. The smallest absolute Gasteiger partial charge is 0.196 e. The van der Waals surface area contributed by atoms with Crippen molar-refractivity contribution in [2.75, 3.05) is 5.75 Å². The molecule has 0 saturated carbocycles. The fraction of sp³-hybridized carbons (Fsp3) is 0.0833. The average Bonchev–Trinajstić information content (AvgIpc) is 3.39. The Bertz CT molecular complexity index is 1360. The second kappa shape index (κ2) is 8.20. The molecule has 3 aromatic heterocycles. The zero-order valence-electron chi connectivity index (χ0n) is 16.8. The third-order valence-corrected chi connectivity index (χ3v) is 6.02. The van der Waals surface area contributed by atoms with E-state index in [1.807, 2.05) is 78.2 Å². The van der Waals surface area contributed by atoms with Crippen LogP contribution in [0.2, 0.25) is 0 Å². The number of para-hydroxylation sites is 2. The van der Waals surface area contributed by atoms with E-state index in [1.165, 1.54) is 11.8 Å². The number of thioether (sulfide) groups is 1. The lowest BCUT2D eigenvalue weighted by Gasteiger charge is -2.10. The number of rotatable bonds is 6. The number of H-pyrrole nitrogens is 1. The second-order valence-corrected chi connectivity index (χ2v) is 8.04. The third-order valence-electron chi connectivity index (χ3n) is 5.09. The van der Waals surface area contributed by atoms with Crippen LogP contribution in [0, 0.1) is 6.92 Å². The van der Waals surface area contributed by atoms with E-state index in [0.717, 1.165) is 33.4 Å². The van der Waals surface area contributed by atoms with Crippen LogP contribution in [-0.4, -0.2) is 36.3 Å². The lowest BCUT2D eigenvalue weighted by Crippen LogP contribution is -2.06. The van der Waals surface area contributed by atoms with Crippen LogP contribution < -0.4 is 0 Å². The number of hydrogen-bond donors (Lipinski definition) is 1. The predicted molar refractivity (Wildman–Crippen MR) is 123 cm³/mol. The number of aryl methyl sites for hydroxylation is 1. The molecule has 0 aliphatic heterocycles. The number of carbonyl (C=O) groups excluding carboxylic acids is 1. The summed E-state index contributed by atoms with van der Waals surface area (Å²) in [4.78, 5) is 20.5.